The summed E-state index contributed by atoms with van der Waals surface area (Å²) in [7, 11) is 0. The Morgan fingerprint density at radius 1 is 1.47 bits per heavy atom. The molecule has 0 fully saturated rings. The van der Waals surface area contributed by atoms with E-state index in [1.165, 1.54) is 0 Å². The van der Waals surface area contributed by atoms with Gasteiger partial charge in [0.05, 0.1) is 0 Å². The highest BCUT2D eigenvalue weighted by Crippen LogP contribution is 2.37. The Bertz CT molecular complexity index is 386. The Morgan fingerprint density at radius 2 is 2.07 bits per heavy atom. The third-order valence-corrected chi connectivity index (χ3v) is 2.19. The maximum Gasteiger partial charge on any atom is 0.410 e. The Labute approximate surface area is 88.7 Å². The lowest BCUT2D eigenvalue weighted by Gasteiger charge is -2.14. The van der Waals surface area contributed by atoms with Gasteiger partial charge < -0.3 is 15.6 Å². The zero-order valence-electron chi connectivity index (χ0n) is 9.07. The van der Waals surface area contributed by atoms with Gasteiger partial charge in [-0.1, -0.05) is 26.0 Å². The minimum absolute atomic E-state index is 0.0278. The van der Waals surface area contributed by atoms with E-state index < -0.39 is 6.09 Å². The van der Waals surface area contributed by atoms with Crippen LogP contribution in [0, 0.1) is 6.92 Å². The zero-order valence-corrected chi connectivity index (χ0v) is 9.07. The summed E-state index contributed by atoms with van der Waals surface area (Å²) in [6.07, 6.45) is -0.919. The van der Waals surface area contributed by atoms with Crippen molar-refractivity contribution in [3.05, 3.63) is 23.3 Å². The third-order valence-electron chi connectivity index (χ3n) is 2.19. The van der Waals surface area contributed by atoms with Crippen LogP contribution >= 0.6 is 0 Å². The second-order valence-electron chi connectivity index (χ2n) is 3.73. The summed E-state index contributed by atoms with van der Waals surface area (Å²) in [6.45, 7) is 5.61. The van der Waals surface area contributed by atoms with Crippen molar-refractivity contribution in [1.29, 1.82) is 0 Å². The fourth-order valence-electron chi connectivity index (χ4n) is 1.35. The van der Waals surface area contributed by atoms with Crippen molar-refractivity contribution in [1.82, 2.24) is 0 Å². The van der Waals surface area contributed by atoms with Crippen LogP contribution in [0.25, 0.3) is 0 Å². The Hall–Kier alpha value is -1.71. The molecule has 3 N–H and O–H groups in total. The number of carbonyl (C=O) groups is 1. The van der Waals surface area contributed by atoms with Gasteiger partial charge in [-0.15, -0.1) is 0 Å². The normalized spacial score (nSPS) is 10.4. The quantitative estimate of drug-likeness (QED) is 0.784. The third kappa shape index (κ3) is 2.40. The van der Waals surface area contributed by atoms with Crippen LogP contribution in [-0.2, 0) is 0 Å². The Morgan fingerprint density at radius 3 is 2.53 bits per heavy atom. The van der Waals surface area contributed by atoms with Gasteiger partial charge in [0.2, 0.25) is 0 Å². The molecule has 0 radical (unpaired) electrons. The lowest BCUT2D eigenvalue weighted by molar-refractivity contribution is 0.208. The van der Waals surface area contributed by atoms with Crippen molar-refractivity contribution in [2.45, 2.75) is 26.7 Å². The summed E-state index contributed by atoms with van der Waals surface area (Å²) in [5.74, 6) is 0.281. The molecule has 0 spiro atoms. The molecule has 1 amide bonds. The van der Waals surface area contributed by atoms with Crippen molar-refractivity contribution in [3.63, 3.8) is 0 Å². The van der Waals surface area contributed by atoms with Crippen molar-refractivity contribution in [3.8, 4) is 11.5 Å². The molecule has 1 rings (SSSR count). The predicted molar refractivity (Wildman–Crippen MR) is 57.1 cm³/mol. The molecular formula is C11H15NO3. The molecule has 0 unspecified atom stereocenters. The van der Waals surface area contributed by atoms with Crippen LogP contribution in [0.1, 0.15) is 30.9 Å². The molecule has 0 saturated carbocycles. The number of phenols is 1. The number of aromatic hydroxyl groups is 1. The van der Waals surface area contributed by atoms with E-state index in [4.69, 9.17) is 10.5 Å². The molecule has 0 bridgehead atoms. The summed E-state index contributed by atoms with van der Waals surface area (Å²) in [5, 5.41) is 9.74. The maximum absolute atomic E-state index is 10.7. The van der Waals surface area contributed by atoms with E-state index in [2.05, 4.69) is 0 Å². The van der Waals surface area contributed by atoms with E-state index in [0.717, 1.165) is 5.56 Å². The fraction of sp³-hybridized carbons (Fsp3) is 0.364. The van der Waals surface area contributed by atoms with Gasteiger partial charge in [-0.25, -0.2) is 4.79 Å². The number of hydrogen-bond acceptors (Lipinski definition) is 3. The SMILES string of the molecule is Cc1ccc(C(C)C)c(OC(N)=O)c1O. The molecule has 1 aromatic rings. The van der Waals surface area contributed by atoms with E-state index in [-0.39, 0.29) is 17.4 Å². The molecule has 0 aliphatic carbocycles. The molecule has 0 atom stereocenters. The number of primary amides is 1. The maximum atomic E-state index is 10.7. The number of aryl methyl sites for hydroxylation is 1. The number of ether oxygens (including phenoxy) is 1. The number of phenolic OH excluding ortho intramolecular Hbond substituents is 1. The highest BCUT2D eigenvalue weighted by atomic mass is 16.6. The standard InChI is InChI=1S/C11H15NO3/c1-6(2)8-5-4-7(3)9(13)10(8)15-11(12)14/h4-6,13H,1-3H3,(H2,12,14). The van der Waals surface area contributed by atoms with Crippen molar-refractivity contribution < 1.29 is 14.6 Å². The largest absolute Gasteiger partial charge is 0.504 e. The van der Waals surface area contributed by atoms with Crippen LogP contribution in [-0.4, -0.2) is 11.2 Å². The van der Waals surface area contributed by atoms with Gasteiger partial charge in [0.25, 0.3) is 0 Å². The van der Waals surface area contributed by atoms with Gasteiger partial charge in [0.1, 0.15) is 0 Å². The molecule has 15 heavy (non-hydrogen) atoms. The van der Waals surface area contributed by atoms with E-state index in [9.17, 15) is 9.90 Å². The van der Waals surface area contributed by atoms with E-state index in [0.29, 0.717) is 5.56 Å². The van der Waals surface area contributed by atoms with Crippen LogP contribution in [0.2, 0.25) is 0 Å². The van der Waals surface area contributed by atoms with Crippen LogP contribution in [0.5, 0.6) is 11.5 Å². The monoisotopic (exact) mass is 209 g/mol. The minimum atomic E-state index is -0.919. The smallest absolute Gasteiger partial charge is 0.410 e. The molecule has 1 aromatic carbocycles. The Balaban J connectivity index is 3.28. The first-order valence-electron chi connectivity index (χ1n) is 4.73. The van der Waals surface area contributed by atoms with Gasteiger partial charge in [-0.05, 0) is 18.4 Å². The van der Waals surface area contributed by atoms with Crippen LogP contribution in [0.4, 0.5) is 4.79 Å². The first-order chi connectivity index (χ1) is 6.93. The summed E-state index contributed by atoms with van der Waals surface area (Å²) in [6, 6.07) is 3.59. The molecule has 0 saturated heterocycles. The van der Waals surface area contributed by atoms with E-state index in [1.54, 1.807) is 13.0 Å². The van der Waals surface area contributed by atoms with Gasteiger partial charge in [0, 0.05) is 5.56 Å². The molecule has 0 aliphatic heterocycles. The van der Waals surface area contributed by atoms with Crippen molar-refractivity contribution in [2.24, 2.45) is 5.73 Å². The topological polar surface area (TPSA) is 72.5 Å². The lowest BCUT2D eigenvalue weighted by Crippen LogP contribution is -2.17. The second kappa shape index (κ2) is 4.21. The Kier molecular flexibility index (Phi) is 3.19. The van der Waals surface area contributed by atoms with Crippen molar-refractivity contribution in [2.75, 3.05) is 0 Å². The number of amides is 1. The highest BCUT2D eigenvalue weighted by Gasteiger charge is 2.16. The number of carbonyl (C=O) groups excluding carboxylic acids is 1. The average Bonchev–Trinajstić information content (AvgIpc) is 2.12. The van der Waals surface area contributed by atoms with Crippen LogP contribution < -0.4 is 10.5 Å². The lowest BCUT2D eigenvalue weighted by atomic mass is 10.00. The second-order valence-corrected chi connectivity index (χ2v) is 3.73. The summed E-state index contributed by atoms with van der Waals surface area (Å²) in [4.78, 5) is 10.7. The predicted octanol–water partition coefficient (Wildman–Crippen LogP) is 2.28. The van der Waals surface area contributed by atoms with Gasteiger partial charge in [-0.2, -0.15) is 0 Å². The molecular weight excluding hydrogens is 194 g/mol. The number of rotatable bonds is 2. The molecule has 0 heterocycles. The van der Waals surface area contributed by atoms with Gasteiger partial charge >= 0.3 is 6.09 Å². The summed E-state index contributed by atoms with van der Waals surface area (Å²) < 4.78 is 4.81. The molecule has 82 valence electrons. The number of nitrogens with two attached hydrogens (primary N) is 1. The van der Waals surface area contributed by atoms with Crippen molar-refractivity contribution >= 4 is 6.09 Å². The zero-order chi connectivity index (χ0) is 11.6. The summed E-state index contributed by atoms with van der Waals surface area (Å²) in [5.41, 5.74) is 6.35. The fourth-order valence-corrected chi connectivity index (χ4v) is 1.35. The molecule has 4 nitrogen and oxygen atoms in total. The first kappa shape index (κ1) is 11.4. The number of hydrogen-bond donors (Lipinski definition) is 2. The van der Waals surface area contributed by atoms with Gasteiger partial charge in [-0.3, -0.25) is 0 Å². The van der Waals surface area contributed by atoms with E-state index in [1.807, 2.05) is 19.9 Å². The molecule has 0 aromatic heterocycles. The minimum Gasteiger partial charge on any atom is -0.504 e. The summed E-state index contributed by atoms with van der Waals surface area (Å²) >= 11 is 0. The van der Waals surface area contributed by atoms with E-state index >= 15 is 0 Å². The average molecular weight is 209 g/mol. The van der Waals surface area contributed by atoms with Crippen LogP contribution in [0.3, 0.4) is 0 Å². The van der Waals surface area contributed by atoms with Gasteiger partial charge in [0.15, 0.2) is 11.5 Å². The number of benzene rings is 1. The molecule has 0 aliphatic rings. The first-order valence-corrected chi connectivity index (χ1v) is 4.73. The molecule has 4 heteroatoms. The van der Waals surface area contributed by atoms with Crippen LogP contribution in [0.15, 0.2) is 12.1 Å². The highest BCUT2D eigenvalue weighted by molar-refractivity contribution is 5.70.